The van der Waals surface area contributed by atoms with E-state index in [0.29, 0.717) is 11.4 Å². The van der Waals surface area contributed by atoms with E-state index >= 15 is 0 Å². The standard InChI is InChI=1S/C32H41N3O5S/c1-7-25(4)33-32(37)29(20-26-15-9-8-10-16-26)34(21-27-17-12-18-28(19-27)40-5)30(36)22-35(41(6,38)39)31-23(2)13-11-14-24(31)3/h8-19,25,29H,7,20-22H2,1-6H3,(H,33,37)/t25-,29-/m0/s1. The quantitative estimate of drug-likeness (QED) is 0.319. The number of ether oxygens (including phenoxy) is 1. The molecule has 3 aromatic rings. The summed E-state index contributed by atoms with van der Waals surface area (Å²) in [6.07, 6.45) is 2.08. The van der Waals surface area contributed by atoms with Crippen LogP contribution in [0.4, 0.5) is 5.69 Å². The van der Waals surface area contributed by atoms with Gasteiger partial charge >= 0.3 is 0 Å². The van der Waals surface area contributed by atoms with Crippen molar-refractivity contribution in [1.82, 2.24) is 10.2 Å². The summed E-state index contributed by atoms with van der Waals surface area (Å²) in [6.45, 7) is 7.17. The van der Waals surface area contributed by atoms with Gasteiger partial charge in [0.05, 0.1) is 19.1 Å². The topological polar surface area (TPSA) is 96.0 Å². The van der Waals surface area contributed by atoms with Crippen molar-refractivity contribution in [3.05, 3.63) is 95.1 Å². The van der Waals surface area contributed by atoms with Gasteiger partial charge in [-0.1, -0.05) is 67.6 Å². The Balaban J connectivity index is 2.11. The molecule has 0 aliphatic heterocycles. The molecule has 9 heteroatoms. The number of hydrogen-bond donors (Lipinski definition) is 1. The zero-order chi connectivity index (χ0) is 30.2. The number of hydrogen-bond acceptors (Lipinski definition) is 5. The van der Waals surface area contributed by atoms with Crippen molar-refractivity contribution >= 4 is 27.5 Å². The number of amides is 2. The van der Waals surface area contributed by atoms with Crippen molar-refractivity contribution < 1.29 is 22.7 Å². The Morgan fingerprint density at radius 3 is 2.12 bits per heavy atom. The maximum absolute atomic E-state index is 14.3. The first-order valence-electron chi connectivity index (χ1n) is 13.7. The molecule has 0 aliphatic rings. The number of methoxy groups -OCH3 is 1. The van der Waals surface area contributed by atoms with Gasteiger partial charge in [0.15, 0.2) is 0 Å². The molecule has 0 aliphatic carbocycles. The monoisotopic (exact) mass is 579 g/mol. The van der Waals surface area contributed by atoms with Gasteiger partial charge in [0, 0.05) is 19.0 Å². The SMILES string of the molecule is CC[C@H](C)NC(=O)[C@H](Cc1ccccc1)N(Cc1cccc(OC)c1)C(=O)CN(c1c(C)cccc1C)S(C)(=O)=O. The number of sulfonamides is 1. The molecule has 0 heterocycles. The summed E-state index contributed by atoms with van der Waals surface area (Å²) in [7, 11) is -2.27. The molecule has 0 radical (unpaired) electrons. The molecule has 0 aromatic heterocycles. The van der Waals surface area contributed by atoms with E-state index in [2.05, 4.69) is 5.32 Å². The van der Waals surface area contributed by atoms with Gasteiger partial charge in [0.2, 0.25) is 21.8 Å². The van der Waals surface area contributed by atoms with E-state index < -0.39 is 28.5 Å². The third-order valence-electron chi connectivity index (χ3n) is 7.13. The minimum Gasteiger partial charge on any atom is -0.497 e. The lowest BCUT2D eigenvalue weighted by molar-refractivity contribution is -0.140. The first kappa shape index (κ1) is 31.7. The fourth-order valence-corrected chi connectivity index (χ4v) is 5.70. The van der Waals surface area contributed by atoms with Crippen LogP contribution in [0, 0.1) is 13.8 Å². The second-order valence-corrected chi connectivity index (χ2v) is 12.3. The second kappa shape index (κ2) is 14.2. The van der Waals surface area contributed by atoms with E-state index in [1.54, 1.807) is 13.2 Å². The smallest absolute Gasteiger partial charge is 0.244 e. The Morgan fingerprint density at radius 2 is 1.54 bits per heavy atom. The summed E-state index contributed by atoms with van der Waals surface area (Å²) in [5.74, 6) is -0.162. The molecule has 1 N–H and O–H groups in total. The molecule has 0 saturated heterocycles. The fourth-order valence-electron chi connectivity index (χ4n) is 4.74. The zero-order valence-electron chi connectivity index (χ0n) is 24.8. The summed E-state index contributed by atoms with van der Waals surface area (Å²) in [4.78, 5) is 29.5. The highest BCUT2D eigenvalue weighted by Crippen LogP contribution is 2.27. The molecule has 0 spiro atoms. The van der Waals surface area contributed by atoms with Gasteiger partial charge in [0.25, 0.3) is 0 Å². The third kappa shape index (κ3) is 8.57. The maximum atomic E-state index is 14.3. The Hall–Kier alpha value is -3.85. The van der Waals surface area contributed by atoms with Crippen LogP contribution in [0.3, 0.4) is 0 Å². The Morgan fingerprint density at radius 1 is 0.927 bits per heavy atom. The highest BCUT2D eigenvalue weighted by atomic mass is 32.2. The van der Waals surface area contributed by atoms with Crippen LogP contribution in [0.5, 0.6) is 5.75 Å². The molecule has 0 fully saturated rings. The van der Waals surface area contributed by atoms with Crippen molar-refractivity contribution in [2.45, 2.75) is 59.2 Å². The Kier molecular flexibility index (Phi) is 10.9. The molecule has 220 valence electrons. The third-order valence-corrected chi connectivity index (χ3v) is 8.24. The van der Waals surface area contributed by atoms with E-state index in [4.69, 9.17) is 4.74 Å². The molecule has 41 heavy (non-hydrogen) atoms. The van der Waals surface area contributed by atoms with Gasteiger partial charge in [-0.3, -0.25) is 13.9 Å². The van der Waals surface area contributed by atoms with Crippen LogP contribution in [0.25, 0.3) is 0 Å². The first-order chi connectivity index (χ1) is 19.4. The van der Waals surface area contributed by atoms with Crippen LogP contribution < -0.4 is 14.4 Å². The Labute approximate surface area is 244 Å². The average Bonchev–Trinajstić information content (AvgIpc) is 2.94. The minimum absolute atomic E-state index is 0.0891. The van der Waals surface area contributed by atoms with E-state index in [1.165, 1.54) is 4.90 Å². The lowest BCUT2D eigenvalue weighted by atomic mass is 10.0. The Bertz CT molecular complexity index is 1420. The molecule has 0 unspecified atom stereocenters. The summed E-state index contributed by atoms with van der Waals surface area (Å²) in [5.41, 5.74) is 3.57. The predicted molar refractivity (Wildman–Crippen MR) is 163 cm³/mol. The van der Waals surface area contributed by atoms with Crippen LogP contribution in [0.15, 0.2) is 72.8 Å². The largest absolute Gasteiger partial charge is 0.497 e. The normalized spacial score (nSPS) is 12.7. The van der Waals surface area contributed by atoms with E-state index in [0.717, 1.165) is 39.2 Å². The highest BCUT2D eigenvalue weighted by Gasteiger charge is 2.34. The zero-order valence-corrected chi connectivity index (χ0v) is 25.6. The van der Waals surface area contributed by atoms with Crippen molar-refractivity contribution in [2.24, 2.45) is 0 Å². The number of nitrogens with zero attached hydrogens (tertiary/aromatic N) is 2. The number of carbonyl (C=O) groups is 2. The number of rotatable bonds is 13. The number of aryl methyl sites for hydroxylation is 2. The number of nitrogens with one attached hydrogen (secondary N) is 1. The van der Waals surface area contributed by atoms with Crippen molar-refractivity contribution in [3.63, 3.8) is 0 Å². The van der Waals surface area contributed by atoms with Gasteiger partial charge in [-0.25, -0.2) is 8.42 Å². The lowest BCUT2D eigenvalue weighted by Gasteiger charge is -2.34. The lowest BCUT2D eigenvalue weighted by Crippen LogP contribution is -2.54. The molecule has 0 saturated carbocycles. The van der Waals surface area contributed by atoms with Crippen LogP contribution in [0.1, 0.15) is 42.5 Å². The van der Waals surface area contributed by atoms with Crippen LogP contribution >= 0.6 is 0 Å². The average molecular weight is 580 g/mol. The number of para-hydroxylation sites is 1. The van der Waals surface area contributed by atoms with E-state index in [9.17, 15) is 18.0 Å². The van der Waals surface area contributed by atoms with Gasteiger partial charge in [-0.05, 0) is 61.6 Å². The fraction of sp³-hybridized carbons (Fsp3) is 0.375. The molecule has 2 amide bonds. The molecular formula is C32H41N3O5S. The van der Waals surface area contributed by atoms with Crippen LogP contribution in [-0.2, 0) is 32.6 Å². The van der Waals surface area contributed by atoms with Gasteiger partial charge in [0.1, 0.15) is 18.3 Å². The molecule has 2 atom stereocenters. The van der Waals surface area contributed by atoms with Crippen molar-refractivity contribution in [1.29, 1.82) is 0 Å². The summed E-state index contributed by atoms with van der Waals surface area (Å²) in [6, 6.07) is 21.3. The molecule has 8 nitrogen and oxygen atoms in total. The van der Waals surface area contributed by atoms with Crippen molar-refractivity contribution in [2.75, 3.05) is 24.2 Å². The number of anilines is 1. The second-order valence-electron chi connectivity index (χ2n) is 10.4. The first-order valence-corrected chi connectivity index (χ1v) is 15.6. The molecular weight excluding hydrogens is 538 g/mol. The van der Waals surface area contributed by atoms with E-state index in [-0.39, 0.29) is 24.9 Å². The van der Waals surface area contributed by atoms with Crippen LogP contribution in [-0.4, -0.2) is 57.1 Å². The van der Waals surface area contributed by atoms with Gasteiger partial charge in [-0.2, -0.15) is 0 Å². The predicted octanol–water partition coefficient (Wildman–Crippen LogP) is 4.63. The maximum Gasteiger partial charge on any atom is 0.244 e. The van der Waals surface area contributed by atoms with E-state index in [1.807, 2.05) is 94.4 Å². The number of benzene rings is 3. The highest BCUT2D eigenvalue weighted by molar-refractivity contribution is 7.92. The van der Waals surface area contributed by atoms with Crippen molar-refractivity contribution in [3.8, 4) is 5.75 Å². The van der Waals surface area contributed by atoms with Gasteiger partial charge in [-0.15, -0.1) is 0 Å². The number of carbonyl (C=O) groups excluding carboxylic acids is 2. The summed E-state index contributed by atoms with van der Waals surface area (Å²) < 4.78 is 32.7. The molecule has 0 bridgehead atoms. The molecule has 3 aromatic carbocycles. The summed E-state index contributed by atoms with van der Waals surface area (Å²) in [5, 5.41) is 3.04. The minimum atomic E-state index is -3.84. The van der Waals surface area contributed by atoms with Crippen LogP contribution in [0.2, 0.25) is 0 Å². The van der Waals surface area contributed by atoms with Gasteiger partial charge < -0.3 is 15.0 Å². The molecule has 3 rings (SSSR count). The summed E-state index contributed by atoms with van der Waals surface area (Å²) >= 11 is 0.